The number of nitrogens with zero attached hydrogens (tertiary/aromatic N) is 2. The minimum absolute atomic E-state index is 0.0199. The fourth-order valence-corrected chi connectivity index (χ4v) is 2.73. The molecule has 1 aliphatic rings. The molecule has 3 rings (SSSR count). The molecule has 2 aromatic heterocycles. The van der Waals surface area contributed by atoms with E-state index < -0.39 is 0 Å². The zero-order valence-electron chi connectivity index (χ0n) is 10.2. The van der Waals surface area contributed by atoms with Crippen LogP contribution in [0.15, 0.2) is 35.0 Å². The lowest BCUT2D eigenvalue weighted by Crippen LogP contribution is -2.23. The number of hydrogen-bond donors (Lipinski definition) is 1. The molecule has 2 aromatic rings. The minimum Gasteiger partial charge on any atom is -0.462 e. The lowest BCUT2D eigenvalue weighted by molar-refractivity contribution is -0.120. The highest BCUT2D eigenvalue weighted by atomic mass is 32.1. The zero-order valence-corrected chi connectivity index (χ0v) is 11.0. The molecule has 0 spiro atoms. The van der Waals surface area contributed by atoms with Crippen molar-refractivity contribution in [2.24, 2.45) is 5.92 Å². The second-order valence-corrected chi connectivity index (χ2v) is 5.34. The first-order valence-electron chi connectivity index (χ1n) is 6.16. The maximum atomic E-state index is 12.0. The molecule has 0 radical (unpaired) electrons. The summed E-state index contributed by atoms with van der Waals surface area (Å²) in [5.74, 6) is 0.728. The molecule has 0 fully saturated rings. The van der Waals surface area contributed by atoms with E-state index >= 15 is 0 Å². The molecule has 1 amide bonds. The summed E-state index contributed by atoms with van der Waals surface area (Å²) in [5, 5.41) is 12.0. The van der Waals surface area contributed by atoms with Crippen molar-refractivity contribution in [3.63, 3.8) is 0 Å². The van der Waals surface area contributed by atoms with Crippen LogP contribution in [0.5, 0.6) is 0 Å². The fourth-order valence-electron chi connectivity index (χ4n) is 2.01. The molecule has 0 unspecified atom stereocenters. The maximum absolute atomic E-state index is 12.0. The number of hydrogen-bond acceptors (Lipinski definition) is 5. The zero-order chi connectivity index (χ0) is 13.1. The average molecular weight is 275 g/mol. The topological polar surface area (TPSA) is 68.0 Å². The van der Waals surface area contributed by atoms with Gasteiger partial charge in [-0.25, -0.2) is 0 Å². The van der Waals surface area contributed by atoms with Crippen molar-refractivity contribution in [3.8, 4) is 10.8 Å². The fraction of sp³-hybridized carbons (Fsp3) is 0.308. The molecule has 0 aliphatic heterocycles. The Morgan fingerprint density at radius 1 is 1.42 bits per heavy atom. The van der Waals surface area contributed by atoms with Crippen molar-refractivity contribution in [2.75, 3.05) is 5.32 Å². The van der Waals surface area contributed by atoms with Gasteiger partial charge in [0, 0.05) is 5.92 Å². The van der Waals surface area contributed by atoms with Crippen molar-refractivity contribution in [1.29, 1.82) is 0 Å². The SMILES string of the molecule is O=C(Nc1nnc(-c2ccco2)s1)[C@H]1CC=CCC1. The highest BCUT2D eigenvalue weighted by Gasteiger charge is 2.20. The Bertz CT molecular complexity index is 589. The number of anilines is 1. The maximum Gasteiger partial charge on any atom is 0.229 e. The number of furan rings is 1. The van der Waals surface area contributed by atoms with Gasteiger partial charge in [-0.2, -0.15) is 0 Å². The highest BCUT2D eigenvalue weighted by molar-refractivity contribution is 7.18. The molecule has 98 valence electrons. The van der Waals surface area contributed by atoms with E-state index in [-0.39, 0.29) is 11.8 Å². The van der Waals surface area contributed by atoms with E-state index in [1.807, 2.05) is 6.07 Å². The van der Waals surface area contributed by atoms with Gasteiger partial charge in [-0.3, -0.25) is 4.79 Å². The van der Waals surface area contributed by atoms with Crippen LogP contribution in [0.3, 0.4) is 0 Å². The van der Waals surface area contributed by atoms with Gasteiger partial charge in [0.05, 0.1) is 6.26 Å². The molecule has 0 saturated carbocycles. The highest BCUT2D eigenvalue weighted by Crippen LogP contribution is 2.27. The van der Waals surface area contributed by atoms with Crippen LogP contribution in [0.4, 0.5) is 5.13 Å². The molecule has 0 bridgehead atoms. The number of carbonyl (C=O) groups excluding carboxylic acids is 1. The lowest BCUT2D eigenvalue weighted by Gasteiger charge is -2.15. The van der Waals surface area contributed by atoms with Crippen molar-refractivity contribution >= 4 is 22.4 Å². The second-order valence-electron chi connectivity index (χ2n) is 4.36. The third kappa shape index (κ3) is 2.73. The van der Waals surface area contributed by atoms with E-state index in [0.717, 1.165) is 19.3 Å². The Balaban J connectivity index is 1.67. The average Bonchev–Trinajstić information content (AvgIpc) is 3.10. The first-order chi connectivity index (χ1) is 9.33. The third-order valence-electron chi connectivity index (χ3n) is 3.03. The van der Waals surface area contributed by atoms with Crippen LogP contribution in [-0.4, -0.2) is 16.1 Å². The van der Waals surface area contributed by atoms with Crippen LogP contribution in [0.1, 0.15) is 19.3 Å². The predicted molar refractivity (Wildman–Crippen MR) is 72.7 cm³/mol. The van der Waals surface area contributed by atoms with Gasteiger partial charge in [-0.1, -0.05) is 23.5 Å². The number of allylic oxidation sites excluding steroid dienone is 2. The Kier molecular flexibility index (Phi) is 3.41. The number of amides is 1. The first kappa shape index (κ1) is 12.1. The molecule has 2 heterocycles. The first-order valence-corrected chi connectivity index (χ1v) is 6.98. The van der Waals surface area contributed by atoms with E-state index in [2.05, 4.69) is 27.7 Å². The third-order valence-corrected chi connectivity index (χ3v) is 3.88. The van der Waals surface area contributed by atoms with E-state index in [0.29, 0.717) is 15.9 Å². The number of aromatic nitrogens is 2. The summed E-state index contributed by atoms with van der Waals surface area (Å²) in [4.78, 5) is 12.0. The molecular weight excluding hydrogens is 262 g/mol. The summed E-state index contributed by atoms with van der Waals surface area (Å²) < 4.78 is 5.24. The van der Waals surface area contributed by atoms with Gasteiger partial charge < -0.3 is 9.73 Å². The molecule has 1 atom stereocenters. The van der Waals surface area contributed by atoms with Crippen LogP contribution in [0.2, 0.25) is 0 Å². The van der Waals surface area contributed by atoms with E-state index in [9.17, 15) is 4.79 Å². The van der Waals surface area contributed by atoms with E-state index in [1.165, 1.54) is 11.3 Å². The number of rotatable bonds is 3. The van der Waals surface area contributed by atoms with Crippen molar-refractivity contribution in [1.82, 2.24) is 10.2 Å². The van der Waals surface area contributed by atoms with Gasteiger partial charge in [-0.05, 0) is 31.4 Å². The molecule has 1 N–H and O–H groups in total. The van der Waals surface area contributed by atoms with E-state index in [4.69, 9.17) is 4.42 Å². The Hall–Kier alpha value is -1.95. The predicted octanol–water partition coefficient (Wildman–Crippen LogP) is 3.09. The molecule has 5 nitrogen and oxygen atoms in total. The van der Waals surface area contributed by atoms with Crippen LogP contribution in [0, 0.1) is 5.92 Å². The summed E-state index contributed by atoms with van der Waals surface area (Å²) in [6, 6.07) is 3.61. The number of nitrogens with one attached hydrogen (secondary N) is 1. The molecule has 0 aromatic carbocycles. The normalized spacial score (nSPS) is 18.4. The molecule has 1 aliphatic carbocycles. The largest absolute Gasteiger partial charge is 0.462 e. The van der Waals surface area contributed by atoms with Crippen molar-refractivity contribution in [2.45, 2.75) is 19.3 Å². The molecule has 6 heteroatoms. The molecule has 0 saturated heterocycles. The van der Waals surface area contributed by atoms with Gasteiger partial charge in [0.25, 0.3) is 0 Å². The van der Waals surface area contributed by atoms with Gasteiger partial charge in [0.1, 0.15) is 0 Å². The summed E-state index contributed by atoms with van der Waals surface area (Å²) in [5.41, 5.74) is 0. The Morgan fingerprint density at radius 2 is 2.37 bits per heavy atom. The Labute approximate surface area is 114 Å². The van der Waals surface area contributed by atoms with Crippen LogP contribution in [-0.2, 0) is 4.79 Å². The summed E-state index contributed by atoms with van der Waals surface area (Å²) in [6.07, 6.45) is 8.42. The standard InChI is InChI=1S/C13H13N3O2S/c17-11(9-5-2-1-3-6-9)14-13-16-15-12(19-13)10-7-4-8-18-10/h1-2,4,7-9H,3,5-6H2,(H,14,16,17)/t9-/m0/s1. The minimum atomic E-state index is 0.0199. The smallest absolute Gasteiger partial charge is 0.229 e. The quantitative estimate of drug-likeness (QED) is 0.874. The Morgan fingerprint density at radius 3 is 3.11 bits per heavy atom. The molecule has 19 heavy (non-hydrogen) atoms. The second kappa shape index (κ2) is 5.36. The lowest BCUT2D eigenvalue weighted by atomic mass is 9.94. The van der Waals surface area contributed by atoms with Gasteiger partial charge in [0.15, 0.2) is 10.8 Å². The van der Waals surface area contributed by atoms with Crippen LogP contribution < -0.4 is 5.32 Å². The van der Waals surface area contributed by atoms with Crippen molar-refractivity contribution < 1.29 is 9.21 Å². The van der Waals surface area contributed by atoms with Gasteiger partial charge in [-0.15, -0.1) is 10.2 Å². The summed E-state index contributed by atoms with van der Waals surface area (Å²) >= 11 is 1.32. The summed E-state index contributed by atoms with van der Waals surface area (Å²) in [7, 11) is 0. The van der Waals surface area contributed by atoms with Crippen molar-refractivity contribution in [3.05, 3.63) is 30.5 Å². The van der Waals surface area contributed by atoms with Crippen LogP contribution in [0.25, 0.3) is 10.8 Å². The van der Waals surface area contributed by atoms with Gasteiger partial charge >= 0.3 is 0 Å². The molecular formula is C13H13N3O2S. The van der Waals surface area contributed by atoms with E-state index in [1.54, 1.807) is 12.3 Å². The monoisotopic (exact) mass is 275 g/mol. The number of carbonyl (C=O) groups is 1. The van der Waals surface area contributed by atoms with Crippen LogP contribution >= 0.6 is 11.3 Å². The summed E-state index contributed by atoms with van der Waals surface area (Å²) in [6.45, 7) is 0. The van der Waals surface area contributed by atoms with Gasteiger partial charge in [0.2, 0.25) is 11.0 Å².